The van der Waals surface area contributed by atoms with Crippen molar-refractivity contribution in [2.75, 3.05) is 12.4 Å². The molecule has 2 aromatic heterocycles. The molecule has 0 saturated heterocycles. The van der Waals surface area contributed by atoms with Gasteiger partial charge in [-0.25, -0.2) is 18.1 Å². The molecule has 2 heterocycles. The first-order chi connectivity index (χ1) is 8.62. The first-order valence-corrected chi connectivity index (χ1v) is 7.49. The van der Waals surface area contributed by atoms with Crippen LogP contribution < -0.4 is 10.0 Å². The second-order valence-corrected chi connectivity index (χ2v) is 6.16. The molecule has 2 aromatic rings. The molecule has 0 aliphatic heterocycles. The van der Waals surface area contributed by atoms with E-state index < -0.39 is 10.0 Å². The zero-order chi connectivity index (χ0) is 13.0. The van der Waals surface area contributed by atoms with Crippen molar-refractivity contribution in [3.05, 3.63) is 34.9 Å². The van der Waals surface area contributed by atoms with Gasteiger partial charge in [-0.2, -0.15) is 0 Å². The van der Waals surface area contributed by atoms with Gasteiger partial charge in [0.1, 0.15) is 5.82 Å². The predicted octanol–water partition coefficient (Wildman–Crippen LogP) is 1.06. The lowest BCUT2D eigenvalue weighted by Crippen LogP contribution is -2.23. The van der Waals surface area contributed by atoms with Gasteiger partial charge >= 0.3 is 0 Å². The Morgan fingerprint density at radius 1 is 1.44 bits per heavy atom. The monoisotopic (exact) mass is 284 g/mol. The Kier molecular flexibility index (Phi) is 3.90. The Morgan fingerprint density at radius 2 is 2.28 bits per heavy atom. The summed E-state index contributed by atoms with van der Waals surface area (Å²) in [7, 11) is -1.84. The summed E-state index contributed by atoms with van der Waals surface area (Å²) in [5, 5.41) is 2.80. The molecule has 0 fully saturated rings. The van der Waals surface area contributed by atoms with Crippen LogP contribution in [0.3, 0.4) is 0 Å². The molecule has 0 spiro atoms. The molecule has 96 valence electrons. The van der Waals surface area contributed by atoms with Crippen molar-refractivity contribution in [1.29, 1.82) is 0 Å². The van der Waals surface area contributed by atoms with Gasteiger partial charge in [-0.15, -0.1) is 11.3 Å². The van der Waals surface area contributed by atoms with E-state index in [9.17, 15) is 8.42 Å². The Morgan fingerprint density at radius 3 is 2.94 bits per heavy atom. The predicted molar refractivity (Wildman–Crippen MR) is 69.9 cm³/mol. The largest absolute Gasteiger partial charge is 0.373 e. The second-order valence-electron chi connectivity index (χ2n) is 3.42. The van der Waals surface area contributed by atoms with Gasteiger partial charge in [0, 0.05) is 36.9 Å². The van der Waals surface area contributed by atoms with E-state index in [2.05, 4.69) is 20.0 Å². The summed E-state index contributed by atoms with van der Waals surface area (Å²) in [6.07, 6.45) is 3.09. The summed E-state index contributed by atoms with van der Waals surface area (Å²) in [6, 6.07) is 2.94. The van der Waals surface area contributed by atoms with Crippen LogP contribution in [-0.4, -0.2) is 25.4 Å². The third kappa shape index (κ3) is 3.03. The highest BCUT2D eigenvalue weighted by atomic mass is 32.2. The Bertz CT molecular complexity index is 611. The van der Waals surface area contributed by atoms with Crippen LogP contribution in [0.15, 0.2) is 34.9 Å². The highest BCUT2D eigenvalue weighted by molar-refractivity contribution is 7.89. The summed E-state index contributed by atoms with van der Waals surface area (Å²) in [5.74, 6) is 0.510. The molecular weight excluding hydrogens is 272 g/mol. The zero-order valence-electron chi connectivity index (χ0n) is 9.62. The van der Waals surface area contributed by atoms with Gasteiger partial charge in [-0.1, -0.05) is 0 Å². The van der Waals surface area contributed by atoms with Crippen molar-refractivity contribution in [3.63, 3.8) is 0 Å². The van der Waals surface area contributed by atoms with Crippen molar-refractivity contribution in [1.82, 2.24) is 14.7 Å². The van der Waals surface area contributed by atoms with Crippen LogP contribution in [0.1, 0.15) is 4.88 Å². The van der Waals surface area contributed by atoms with E-state index in [-0.39, 0.29) is 11.4 Å². The number of thiazole rings is 1. The molecule has 2 N–H and O–H groups in total. The van der Waals surface area contributed by atoms with Crippen LogP contribution in [0.5, 0.6) is 0 Å². The molecular formula is C10H12N4O2S2. The minimum absolute atomic E-state index is 0.186. The van der Waals surface area contributed by atoms with Crippen LogP contribution in [-0.2, 0) is 16.6 Å². The average molecular weight is 284 g/mol. The third-order valence-corrected chi connectivity index (χ3v) is 4.40. The molecule has 6 nitrogen and oxygen atoms in total. The maximum atomic E-state index is 12.0. The molecule has 0 unspecified atom stereocenters. The fourth-order valence-corrected chi connectivity index (χ4v) is 2.94. The SMILES string of the molecule is CNc1cc(S(=O)(=O)NCc2cncs2)ccn1. The van der Waals surface area contributed by atoms with Crippen LogP contribution in [0.4, 0.5) is 5.82 Å². The second kappa shape index (κ2) is 5.42. The van der Waals surface area contributed by atoms with Crippen LogP contribution >= 0.6 is 11.3 Å². The standard InChI is InChI=1S/C10H12N4O2S2/c1-11-10-4-9(2-3-13-10)18(15,16)14-6-8-5-12-7-17-8/h2-5,7,14H,6H2,1H3,(H,11,13). The number of nitrogens with zero attached hydrogens (tertiary/aromatic N) is 2. The molecule has 18 heavy (non-hydrogen) atoms. The van der Waals surface area contributed by atoms with Crippen molar-refractivity contribution < 1.29 is 8.42 Å². The lowest BCUT2D eigenvalue weighted by molar-refractivity contribution is 0.581. The minimum Gasteiger partial charge on any atom is -0.373 e. The molecule has 8 heteroatoms. The van der Waals surface area contributed by atoms with Gasteiger partial charge in [-0.05, 0) is 6.07 Å². The number of nitrogens with one attached hydrogen (secondary N) is 2. The number of hydrogen-bond acceptors (Lipinski definition) is 6. The smallest absolute Gasteiger partial charge is 0.241 e. The number of pyridine rings is 1. The van der Waals surface area contributed by atoms with Crippen LogP contribution in [0, 0.1) is 0 Å². The Labute approximate surface area is 109 Å². The molecule has 0 saturated carbocycles. The van der Waals surface area contributed by atoms with E-state index in [1.54, 1.807) is 18.8 Å². The summed E-state index contributed by atoms with van der Waals surface area (Å²) in [6.45, 7) is 0.240. The molecule has 0 aliphatic rings. The minimum atomic E-state index is -3.52. The summed E-state index contributed by atoms with van der Waals surface area (Å²) >= 11 is 1.40. The molecule has 0 radical (unpaired) electrons. The molecule has 2 rings (SSSR count). The highest BCUT2D eigenvalue weighted by Crippen LogP contribution is 2.13. The van der Waals surface area contributed by atoms with Gasteiger partial charge in [0.25, 0.3) is 0 Å². The number of aromatic nitrogens is 2. The molecule has 0 bridgehead atoms. The van der Waals surface area contributed by atoms with Gasteiger partial charge in [0.05, 0.1) is 10.4 Å². The van der Waals surface area contributed by atoms with E-state index in [4.69, 9.17) is 0 Å². The fraction of sp³-hybridized carbons (Fsp3) is 0.200. The first-order valence-electron chi connectivity index (χ1n) is 5.12. The molecule has 0 amide bonds. The molecule has 0 atom stereocenters. The Hall–Kier alpha value is -1.51. The maximum Gasteiger partial charge on any atom is 0.241 e. The van der Waals surface area contributed by atoms with Crippen molar-refractivity contribution in [3.8, 4) is 0 Å². The van der Waals surface area contributed by atoms with E-state index in [1.807, 2.05) is 0 Å². The van der Waals surface area contributed by atoms with Crippen molar-refractivity contribution >= 4 is 27.2 Å². The third-order valence-electron chi connectivity index (χ3n) is 2.22. The normalized spacial score (nSPS) is 11.4. The first kappa shape index (κ1) is 12.9. The average Bonchev–Trinajstić information content (AvgIpc) is 2.90. The lowest BCUT2D eigenvalue weighted by Gasteiger charge is -2.06. The highest BCUT2D eigenvalue weighted by Gasteiger charge is 2.14. The lowest BCUT2D eigenvalue weighted by atomic mass is 10.5. The number of hydrogen-bond donors (Lipinski definition) is 2. The maximum absolute atomic E-state index is 12.0. The summed E-state index contributed by atoms with van der Waals surface area (Å²) in [5.41, 5.74) is 1.66. The van der Waals surface area contributed by atoms with Gasteiger partial charge in [-0.3, -0.25) is 4.98 Å². The zero-order valence-corrected chi connectivity index (χ0v) is 11.3. The molecule has 0 aromatic carbocycles. The number of anilines is 1. The Balaban J connectivity index is 2.14. The van der Waals surface area contributed by atoms with Crippen LogP contribution in [0.2, 0.25) is 0 Å². The van der Waals surface area contributed by atoms with Gasteiger partial charge in [0.2, 0.25) is 10.0 Å². The van der Waals surface area contributed by atoms with Gasteiger partial charge < -0.3 is 5.32 Å². The van der Waals surface area contributed by atoms with Crippen LogP contribution in [0.25, 0.3) is 0 Å². The van der Waals surface area contributed by atoms with Crippen molar-refractivity contribution in [2.45, 2.75) is 11.4 Å². The fourth-order valence-electron chi connectivity index (χ4n) is 1.29. The molecule has 0 aliphatic carbocycles. The number of rotatable bonds is 5. The van der Waals surface area contributed by atoms with E-state index in [1.165, 1.54) is 29.7 Å². The van der Waals surface area contributed by atoms with Gasteiger partial charge in [0.15, 0.2) is 0 Å². The summed E-state index contributed by atoms with van der Waals surface area (Å²) < 4.78 is 26.5. The van der Waals surface area contributed by atoms with E-state index in [0.717, 1.165) is 4.88 Å². The quantitative estimate of drug-likeness (QED) is 0.857. The van der Waals surface area contributed by atoms with E-state index in [0.29, 0.717) is 5.82 Å². The topological polar surface area (TPSA) is 84.0 Å². The summed E-state index contributed by atoms with van der Waals surface area (Å²) in [4.78, 5) is 8.91. The van der Waals surface area contributed by atoms with E-state index >= 15 is 0 Å². The van der Waals surface area contributed by atoms with Crippen molar-refractivity contribution in [2.24, 2.45) is 0 Å². The number of sulfonamides is 1.